The first-order chi connectivity index (χ1) is 12.0. The van der Waals surface area contributed by atoms with Crippen LogP contribution in [0.25, 0.3) is 5.65 Å². The molecule has 2 aliphatic carbocycles. The second kappa shape index (κ2) is 6.36. The van der Waals surface area contributed by atoms with Gasteiger partial charge in [-0.2, -0.15) is 4.31 Å². The van der Waals surface area contributed by atoms with Gasteiger partial charge in [0.2, 0.25) is 10.0 Å². The number of aromatic nitrogens is 3. The molecule has 0 unspecified atom stereocenters. The Morgan fingerprint density at radius 1 is 1.16 bits per heavy atom. The maximum Gasteiger partial charge on any atom is 0.244 e. The SMILES string of the molecule is CCN(CC)S(=O)(=O)c1ccc2nnc(C[C@@H]3C[C@H]4CC[C@@H]3C4)n2c1. The van der Waals surface area contributed by atoms with Crippen molar-refractivity contribution in [3.8, 4) is 0 Å². The number of fused-ring (bicyclic) bond motifs is 3. The summed E-state index contributed by atoms with van der Waals surface area (Å²) in [6.07, 6.45) is 7.98. The summed E-state index contributed by atoms with van der Waals surface area (Å²) in [5.41, 5.74) is 0.719. The third-order valence-electron chi connectivity index (χ3n) is 6.12. The van der Waals surface area contributed by atoms with E-state index in [1.54, 1.807) is 18.3 Å². The van der Waals surface area contributed by atoms with Crippen molar-refractivity contribution in [2.75, 3.05) is 13.1 Å². The lowest BCUT2D eigenvalue weighted by molar-refractivity contribution is 0.326. The minimum absolute atomic E-state index is 0.317. The number of nitrogens with zero attached hydrogens (tertiary/aromatic N) is 4. The predicted molar refractivity (Wildman–Crippen MR) is 95.7 cm³/mol. The second-order valence-electron chi connectivity index (χ2n) is 7.44. The van der Waals surface area contributed by atoms with E-state index in [0.717, 1.165) is 29.7 Å². The van der Waals surface area contributed by atoms with E-state index in [4.69, 9.17) is 0 Å². The average Bonchev–Trinajstić information content (AvgIpc) is 3.31. The molecule has 6 nitrogen and oxygen atoms in total. The molecule has 2 aromatic heterocycles. The van der Waals surface area contributed by atoms with Gasteiger partial charge in [-0.15, -0.1) is 10.2 Å². The molecule has 136 valence electrons. The van der Waals surface area contributed by atoms with Crippen LogP contribution < -0.4 is 0 Å². The molecule has 2 bridgehead atoms. The molecule has 2 aromatic rings. The summed E-state index contributed by atoms with van der Waals surface area (Å²) in [6.45, 7) is 4.66. The summed E-state index contributed by atoms with van der Waals surface area (Å²) < 4.78 is 28.9. The maximum absolute atomic E-state index is 12.8. The Morgan fingerprint density at radius 2 is 1.96 bits per heavy atom. The van der Waals surface area contributed by atoms with Crippen LogP contribution in [0.3, 0.4) is 0 Å². The van der Waals surface area contributed by atoms with Gasteiger partial charge in [-0.3, -0.25) is 4.40 Å². The molecular formula is C18H26N4O2S. The summed E-state index contributed by atoms with van der Waals surface area (Å²) in [5.74, 6) is 3.28. The van der Waals surface area contributed by atoms with Gasteiger partial charge < -0.3 is 0 Å². The van der Waals surface area contributed by atoms with Crippen molar-refractivity contribution in [1.29, 1.82) is 0 Å². The van der Waals surface area contributed by atoms with Gasteiger partial charge in [-0.05, 0) is 49.1 Å². The Hall–Kier alpha value is -1.47. The van der Waals surface area contributed by atoms with Crippen LogP contribution in [-0.4, -0.2) is 40.4 Å². The van der Waals surface area contributed by atoms with Gasteiger partial charge in [0.25, 0.3) is 0 Å². The Balaban J connectivity index is 1.66. The average molecular weight is 362 g/mol. The highest BCUT2D eigenvalue weighted by atomic mass is 32.2. The van der Waals surface area contributed by atoms with E-state index in [2.05, 4.69) is 10.2 Å². The Labute approximate surface area is 149 Å². The molecule has 2 saturated carbocycles. The summed E-state index contributed by atoms with van der Waals surface area (Å²) in [5, 5.41) is 8.59. The Kier molecular flexibility index (Phi) is 4.32. The molecule has 0 aliphatic heterocycles. The number of hydrogen-bond donors (Lipinski definition) is 0. The topological polar surface area (TPSA) is 67.6 Å². The first kappa shape index (κ1) is 17.0. The lowest BCUT2D eigenvalue weighted by Gasteiger charge is -2.21. The largest absolute Gasteiger partial charge is 0.285 e. The van der Waals surface area contributed by atoms with Gasteiger partial charge >= 0.3 is 0 Å². The number of sulfonamides is 1. The zero-order valence-corrected chi connectivity index (χ0v) is 15.7. The first-order valence-corrected chi connectivity index (χ1v) is 10.8. The van der Waals surface area contributed by atoms with Gasteiger partial charge in [-0.25, -0.2) is 8.42 Å². The van der Waals surface area contributed by atoms with Crippen molar-refractivity contribution >= 4 is 15.7 Å². The second-order valence-corrected chi connectivity index (χ2v) is 9.38. The molecule has 0 saturated heterocycles. The van der Waals surface area contributed by atoms with Gasteiger partial charge in [0, 0.05) is 25.7 Å². The third-order valence-corrected chi connectivity index (χ3v) is 8.15. The highest BCUT2D eigenvalue weighted by Crippen LogP contribution is 2.49. The smallest absolute Gasteiger partial charge is 0.244 e. The zero-order chi connectivity index (χ0) is 17.6. The predicted octanol–water partition coefficient (Wildman–Crippen LogP) is 2.74. The van der Waals surface area contributed by atoms with Gasteiger partial charge in [0.05, 0.1) is 4.90 Å². The summed E-state index contributed by atoms with van der Waals surface area (Å²) >= 11 is 0. The molecule has 2 heterocycles. The van der Waals surface area contributed by atoms with Gasteiger partial charge in [0.15, 0.2) is 5.65 Å². The standard InChI is InChI=1S/C18H26N4O2S/c1-3-21(4-2)25(23,24)16-7-8-17-19-20-18(22(17)12-16)11-15-10-13-5-6-14(15)9-13/h7-8,12-15H,3-6,9-11H2,1-2H3/t13-,14+,15-/m0/s1. The van der Waals surface area contributed by atoms with E-state index in [0.29, 0.717) is 23.9 Å². The molecule has 3 atom stereocenters. The molecule has 2 aliphatic rings. The van der Waals surface area contributed by atoms with Crippen LogP contribution in [0.2, 0.25) is 0 Å². The van der Waals surface area contributed by atoms with Crippen LogP contribution in [0.1, 0.15) is 45.4 Å². The molecular weight excluding hydrogens is 336 g/mol. The van der Waals surface area contributed by atoms with Crippen molar-refractivity contribution < 1.29 is 8.42 Å². The number of pyridine rings is 1. The third kappa shape index (κ3) is 2.87. The van der Waals surface area contributed by atoms with Gasteiger partial charge in [0.1, 0.15) is 5.82 Å². The number of hydrogen-bond acceptors (Lipinski definition) is 4. The summed E-state index contributed by atoms with van der Waals surface area (Å²) in [4.78, 5) is 0.317. The summed E-state index contributed by atoms with van der Waals surface area (Å²) in [6, 6.07) is 3.40. The highest BCUT2D eigenvalue weighted by Gasteiger charge is 2.39. The quantitative estimate of drug-likeness (QED) is 0.792. The molecule has 25 heavy (non-hydrogen) atoms. The molecule has 0 aromatic carbocycles. The molecule has 0 spiro atoms. The van der Waals surface area contributed by atoms with E-state index < -0.39 is 10.0 Å². The van der Waals surface area contributed by atoms with Crippen LogP contribution in [0.5, 0.6) is 0 Å². The van der Waals surface area contributed by atoms with E-state index in [-0.39, 0.29) is 0 Å². The van der Waals surface area contributed by atoms with Crippen molar-refractivity contribution in [2.45, 2.75) is 50.8 Å². The number of rotatable bonds is 6. The van der Waals surface area contributed by atoms with Crippen LogP contribution >= 0.6 is 0 Å². The normalized spacial score (nSPS) is 26.1. The van der Waals surface area contributed by atoms with Gasteiger partial charge in [-0.1, -0.05) is 20.3 Å². The molecule has 4 rings (SSSR count). The molecule has 0 radical (unpaired) electrons. The minimum atomic E-state index is -3.47. The maximum atomic E-state index is 12.8. The monoisotopic (exact) mass is 362 g/mol. The first-order valence-electron chi connectivity index (χ1n) is 9.36. The van der Waals surface area contributed by atoms with E-state index in [1.165, 1.54) is 30.0 Å². The Bertz CT molecular complexity index is 872. The molecule has 2 fully saturated rings. The summed E-state index contributed by atoms with van der Waals surface area (Å²) in [7, 11) is -3.47. The fraction of sp³-hybridized carbons (Fsp3) is 0.667. The van der Waals surface area contributed by atoms with Crippen LogP contribution in [0, 0.1) is 17.8 Å². The van der Waals surface area contributed by atoms with Crippen LogP contribution in [0.4, 0.5) is 0 Å². The fourth-order valence-corrected chi connectivity index (χ4v) is 6.24. The van der Waals surface area contributed by atoms with Crippen molar-refractivity contribution in [3.63, 3.8) is 0 Å². The van der Waals surface area contributed by atoms with Crippen molar-refractivity contribution in [3.05, 3.63) is 24.2 Å². The van der Waals surface area contributed by atoms with E-state index in [1.807, 2.05) is 18.2 Å². The van der Waals surface area contributed by atoms with Crippen molar-refractivity contribution in [1.82, 2.24) is 18.9 Å². The lowest BCUT2D eigenvalue weighted by atomic mass is 9.86. The molecule has 7 heteroatoms. The van der Waals surface area contributed by atoms with E-state index in [9.17, 15) is 8.42 Å². The van der Waals surface area contributed by atoms with Crippen LogP contribution in [0.15, 0.2) is 23.2 Å². The molecule has 0 amide bonds. The highest BCUT2D eigenvalue weighted by molar-refractivity contribution is 7.89. The van der Waals surface area contributed by atoms with Crippen LogP contribution in [-0.2, 0) is 16.4 Å². The van der Waals surface area contributed by atoms with E-state index >= 15 is 0 Å². The fourth-order valence-electron chi connectivity index (χ4n) is 4.78. The van der Waals surface area contributed by atoms with Crippen molar-refractivity contribution in [2.24, 2.45) is 17.8 Å². The Morgan fingerprint density at radius 3 is 2.60 bits per heavy atom. The lowest BCUT2D eigenvalue weighted by Crippen LogP contribution is -2.30. The molecule has 0 N–H and O–H groups in total. The minimum Gasteiger partial charge on any atom is -0.285 e. The zero-order valence-electron chi connectivity index (χ0n) is 14.9.